The summed E-state index contributed by atoms with van der Waals surface area (Å²) in [7, 11) is 0. The maximum Gasteiger partial charge on any atom is 0.259 e. The predicted molar refractivity (Wildman–Crippen MR) is 66.9 cm³/mol. The lowest BCUT2D eigenvalue weighted by atomic mass is 10.1. The van der Waals surface area contributed by atoms with Gasteiger partial charge in [-0.25, -0.2) is 8.78 Å². The quantitative estimate of drug-likeness (QED) is 0.918. The van der Waals surface area contributed by atoms with Crippen LogP contribution in [0.25, 0.3) is 0 Å². The molecule has 0 aliphatic carbocycles. The Morgan fingerprint density at radius 1 is 1.15 bits per heavy atom. The third-order valence-corrected chi connectivity index (χ3v) is 2.82. The van der Waals surface area contributed by atoms with Crippen molar-refractivity contribution in [1.82, 2.24) is 0 Å². The summed E-state index contributed by atoms with van der Waals surface area (Å²) in [6.45, 7) is 0.0218. The Balaban J connectivity index is 1.91. The first kappa shape index (κ1) is 12.4. The van der Waals surface area contributed by atoms with Crippen molar-refractivity contribution in [2.45, 2.75) is 0 Å². The molecule has 20 heavy (non-hydrogen) atoms. The molecular weight excluding hydrogens is 268 g/mol. The fraction of sp³-hybridized carbons (Fsp3) is 0.0714. The fourth-order valence-electron chi connectivity index (χ4n) is 1.89. The molecule has 1 amide bonds. The van der Waals surface area contributed by atoms with Crippen molar-refractivity contribution in [3.05, 3.63) is 53.6 Å². The summed E-state index contributed by atoms with van der Waals surface area (Å²) in [5, 5.41) is 2.31. The molecule has 2 aromatic rings. The van der Waals surface area contributed by atoms with Crippen LogP contribution in [0, 0.1) is 11.6 Å². The molecule has 0 unspecified atom stereocenters. The highest BCUT2D eigenvalue weighted by Gasteiger charge is 2.22. The standard InChI is InChI=1S/C14H9F2NO3/c15-8-4-5-10(16)11(6-8)17-14(18)9-2-1-3-12-13(9)20-7-19-12/h1-6H,7H2,(H,17,18). The molecule has 0 aromatic heterocycles. The third kappa shape index (κ3) is 2.16. The maximum atomic E-state index is 13.5. The number of carbonyl (C=O) groups is 1. The number of hydrogen-bond donors (Lipinski definition) is 1. The van der Waals surface area contributed by atoms with Crippen LogP contribution in [0.2, 0.25) is 0 Å². The van der Waals surface area contributed by atoms with E-state index in [-0.39, 0.29) is 18.0 Å². The van der Waals surface area contributed by atoms with E-state index in [1.807, 2.05) is 0 Å². The molecule has 1 aliphatic heterocycles. The largest absolute Gasteiger partial charge is 0.454 e. The highest BCUT2D eigenvalue weighted by molar-refractivity contribution is 6.06. The van der Waals surface area contributed by atoms with E-state index < -0.39 is 17.5 Å². The number of benzene rings is 2. The monoisotopic (exact) mass is 277 g/mol. The molecule has 6 heteroatoms. The van der Waals surface area contributed by atoms with Gasteiger partial charge in [-0.2, -0.15) is 0 Å². The summed E-state index contributed by atoms with van der Waals surface area (Å²) in [6, 6.07) is 7.61. The van der Waals surface area contributed by atoms with E-state index in [4.69, 9.17) is 9.47 Å². The van der Waals surface area contributed by atoms with Crippen LogP contribution in [0.1, 0.15) is 10.4 Å². The molecule has 0 saturated carbocycles. The Kier molecular flexibility index (Phi) is 2.98. The summed E-state index contributed by atoms with van der Waals surface area (Å²) in [4.78, 5) is 12.1. The van der Waals surface area contributed by atoms with Crippen molar-refractivity contribution in [2.24, 2.45) is 0 Å². The molecule has 0 atom stereocenters. The van der Waals surface area contributed by atoms with Gasteiger partial charge in [0.15, 0.2) is 11.5 Å². The van der Waals surface area contributed by atoms with Gasteiger partial charge in [0.05, 0.1) is 11.3 Å². The van der Waals surface area contributed by atoms with E-state index in [1.54, 1.807) is 12.1 Å². The lowest BCUT2D eigenvalue weighted by Gasteiger charge is -2.08. The molecule has 1 heterocycles. The number of para-hydroxylation sites is 1. The van der Waals surface area contributed by atoms with E-state index in [1.165, 1.54) is 6.07 Å². The van der Waals surface area contributed by atoms with E-state index in [2.05, 4.69) is 5.32 Å². The number of anilines is 1. The Labute approximate surface area is 112 Å². The van der Waals surface area contributed by atoms with Gasteiger partial charge in [-0.05, 0) is 24.3 Å². The summed E-state index contributed by atoms with van der Waals surface area (Å²) >= 11 is 0. The van der Waals surface area contributed by atoms with Gasteiger partial charge in [0.1, 0.15) is 11.6 Å². The van der Waals surface area contributed by atoms with Gasteiger partial charge in [0.25, 0.3) is 5.91 Å². The molecule has 0 spiro atoms. The highest BCUT2D eigenvalue weighted by Crippen LogP contribution is 2.35. The van der Waals surface area contributed by atoms with Crippen LogP contribution in [0.15, 0.2) is 36.4 Å². The second kappa shape index (κ2) is 4.80. The first-order chi connectivity index (χ1) is 9.65. The van der Waals surface area contributed by atoms with Crippen molar-refractivity contribution < 1.29 is 23.0 Å². The molecule has 2 aromatic carbocycles. The number of amides is 1. The van der Waals surface area contributed by atoms with Crippen LogP contribution in [-0.2, 0) is 0 Å². The van der Waals surface area contributed by atoms with Crippen LogP contribution in [0.3, 0.4) is 0 Å². The topological polar surface area (TPSA) is 47.6 Å². The van der Waals surface area contributed by atoms with E-state index >= 15 is 0 Å². The molecule has 3 rings (SSSR count). The molecule has 0 saturated heterocycles. The lowest BCUT2D eigenvalue weighted by Crippen LogP contribution is -2.14. The second-order valence-corrected chi connectivity index (χ2v) is 4.12. The smallest absolute Gasteiger partial charge is 0.259 e. The van der Waals surface area contributed by atoms with Gasteiger partial charge in [0, 0.05) is 6.07 Å². The van der Waals surface area contributed by atoms with Crippen molar-refractivity contribution in [1.29, 1.82) is 0 Å². The first-order valence-corrected chi connectivity index (χ1v) is 5.80. The van der Waals surface area contributed by atoms with Crippen molar-refractivity contribution in [2.75, 3.05) is 12.1 Å². The molecule has 0 radical (unpaired) electrons. The van der Waals surface area contributed by atoms with Crippen LogP contribution >= 0.6 is 0 Å². The van der Waals surface area contributed by atoms with Crippen LogP contribution in [0.4, 0.5) is 14.5 Å². The Morgan fingerprint density at radius 2 is 2.00 bits per heavy atom. The second-order valence-electron chi connectivity index (χ2n) is 4.12. The molecule has 0 fully saturated rings. The van der Waals surface area contributed by atoms with Gasteiger partial charge in [-0.3, -0.25) is 4.79 Å². The average molecular weight is 277 g/mol. The van der Waals surface area contributed by atoms with Gasteiger partial charge >= 0.3 is 0 Å². The number of carbonyl (C=O) groups excluding carboxylic acids is 1. The van der Waals surface area contributed by atoms with Gasteiger partial charge in [-0.15, -0.1) is 0 Å². The minimum atomic E-state index is -0.718. The highest BCUT2D eigenvalue weighted by atomic mass is 19.1. The molecule has 102 valence electrons. The lowest BCUT2D eigenvalue weighted by molar-refractivity contribution is 0.102. The zero-order chi connectivity index (χ0) is 14.1. The van der Waals surface area contributed by atoms with Gasteiger partial charge < -0.3 is 14.8 Å². The number of nitrogens with one attached hydrogen (secondary N) is 1. The minimum absolute atomic E-state index is 0.0218. The predicted octanol–water partition coefficient (Wildman–Crippen LogP) is 2.95. The molecule has 0 bridgehead atoms. The number of halogens is 2. The Morgan fingerprint density at radius 3 is 2.85 bits per heavy atom. The van der Waals surface area contributed by atoms with Crippen molar-refractivity contribution >= 4 is 11.6 Å². The minimum Gasteiger partial charge on any atom is -0.454 e. The number of fused-ring (bicyclic) bond motifs is 1. The van der Waals surface area contributed by atoms with Crippen LogP contribution in [-0.4, -0.2) is 12.7 Å². The Bertz CT molecular complexity index is 688. The zero-order valence-electron chi connectivity index (χ0n) is 10.2. The summed E-state index contributed by atoms with van der Waals surface area (Å²) in [6.07, 6.45) is 0. The van der Waals surface area contributed by atoms with Gasteiger partial charge in [-0.1, -0.05) is 6.07 Å². The third-order valence-electron chi connectivity index (χ3n) is 2.82. The SMILES string of the molecule is O=C(Nc1cc(F)ccc1F)c1cccc2c1OCO2. The summed E-state index contributed by atoms with van der Waals surface area (Å²) in [5.74, 6) is -1.22. The molecular formula is C14H9F2NO3. The first-order valence-electron chi connectivity index (χ1n) is 5.80. The molecule has 1 N–H and O–H groups in total. The molecule has 1 aliphatic rings. The number of ether oxygens (including phenoxy) is 2. The summed E-state index contributed by atoms with van der Waals surface area (Å²) < 4.78 is 36.9. The van der Waals surface area contributed by atoms with Crippen molar-refractivity contribution in [3.8, 4) is 11.5 Å². The molecule has 4 nitrogen and oxygen atoms in total. The van der Waals surface area contributed by atoms with E-state index in [0.717, 1.165) is 18.2 Å². The number of rotatable bonds is 2. The van der Waals surface area contributed by atoms with E-state index in [0.29, 0.717) is 11.5 Å². The van der Waals surface area contributed by atoms with Crippen LogP contribution in [0.5, 0.6) is 11.5 Å². The van der Waals surface area contributed by atoms with Crippen LogP contribution < -0.4 is 14.8 Å². The summed E-state index contributed by atoms with van der Waals surface area (Å²) in [5.41, 5.74) is -0.0322. The zero-order valence-corrected chi connectivity index (χ0v) is 10.2. The van der Waals surface area contributed by atoms with E-state index in [9.17, 15) is 13.6 Å². The van der Waals surface area contributed by atoms with Crippen molar-refractivity contribution in [3.63, 3.8) is 0 Å². The number of hydrogen-bond acceptors (Lipinski definition) is 3. The Hall–Kier alpha value is -2.63. The van der Waals surface area contributed by atoms with Gasteiger partial charge in [0.2, 0.25) is 6.79 Å². The normalized spacial score (nSPS) is 12.3. The fourth-order valence-corrected chi connectivity index (χ4v) is 1.89. The average Bonchev–Trinajstić information content (AvgIpc) is 2.91. The maximum absolute atomic E-state index is 13.5.